The zero-order chi connectivity index (χ0) is 12.3. The molecule has 0 aromatic heterocycles. The average molecular weight is 231 g/mol. The Kier molecular flexibility index (Phi) is 3.40. The maximum Gasteiger partial charge on any atom is 0.127 e. The third-order valence-corrected chi connectivity index (χ3v) is 2.43. The van der Waals surface area contributed by atoms with E-state index in [1.807, 2.05) is 31.2 Å². The molecule has 0 aliphatic heterocycles. The Hall–Kier alpha value is -1.87. The Labute approximate surface area is 99.8 Å². The highest BCUT2D eigenvalue weighted by Gasteiger charge is 2.02. The van der Waals surface area contributed by atoms with E-state index in [0.29, 0.717) is 11.5 Å². The number of benzene rings is 2. The first-order chi connectivity index (χ1) is 8.15. The number of hydrogen-bond donors (Lipinski definition) is 1. The second-order valence-corrected chi connectivity index (χ2v) is 3.92. The second kappa shape index (κ2) is 4.97. The van der Waals surface area contributed by atoms with Crippen LogP contribution in [0.1, 0.15) is 18.5 Å². The Bertz CT molecular complexity index is 494. The lowest BCUT2D eigenvalue weighted by atomic mass is 10.1. The molecule has 0 spiro atoms. The lowest BCUT2D eigenvalue weighted by Gasteiger charge is -2.09. The average Bonchev–Trinajstić information content (AvgIpc) is 2.32. The van der Waals surface area contributed by atoms with Crippen molar-refractivity contribution in [3.05, 3.63) is 59.9 Å². The molecule has 0 amide bonds. The summed E-state index contributed by atoms with van der Waals surface area (Å²) in [5.41, 5.74) is 6.79. The highest BCUT2D eigenvalue weighted by atomic mass is 19.1. The standard InChI is InChI=1S/C14H14FNO/c1-10(16)11-3-2-4-14(9-11)17-13-7-5-12(15)6-8-13/h2-10H,16H2,1H3. The molecule has 2 aromatic rings. The maximum atomic E-state index is 12.7. The molecule has 2 N–H and O–H groups in total. The molecule has 1 unspecified atom stereocenters. The molecule has 17 heavy (non-hydrogen) atoms. The van der Waals surface area contributed by atoms with Gasteiger partial charge in [0, 0.05) is 6.04 Å². The fourth-order valence-corrected chi connectivity index (χ4v) is 1.50. The van der Waals surface area contributed by atoms with E-state index < -0.39 is 0 Å². The molecular weight excluding hydrogens is 217 g/mol. The van der Waals surface area contributed by atoms with Crippen molar-refractivity contribution < 1.29 is 9.13 Å². The molecule has 0 saturated heterocycles. The van der Waals surface area contributed by atoms with Gasteiger partial charge in [-0.1, -0.05) is 12.1 Å². The Balaban J connectivity index is 2.18. The van der Waals surface area contributed by atoms with Gasteiger partial charge in [-0.25, -0.2) is 4.39 Å². The monoisotopic (exact) mass is 231 g/mol. The van der Waals surface area contributed by atoms with Crippen molar-refractivity contribution in [2.45, 2.75) is 13.0 Å². The van der Waals surface area contributed by atoms with Crippen LogP contribution in [0.3, 0.4) is 0 Å². The topological polar surface area (TPSA) is 35.2 Å². The molecule has 88 valence electrons. The summed E-state index contributed by atoms with van der Waals surface area (Å²) in [5, 5.41) is 0. The summed E-state index contributed by atoms with van der Waals surface area (Å²) in [6, 6.07) is 13.4. The molecule has 0 heterocycles. The van der Waals surface area contributed by atoms with E-state index in [4.69, 9.17) is 10.5 Å². The summed E-state index contributed by atoms with van der Waals surface area (Å²) in [6.45, 7) is 1.91. The van der Waals surface area contributed by atoms with Crippen LogP contribution in [-0.2, 0) is 0 Å². The summed E-state index contributed by atoms with van der Waals surface area (Å²) in [5.74, 6) is 1.03. The molecule has 0 aliphatic rings. The molecule has 0 radical (unpaired) electrons. The van der Waals surface area contributed by atoms with Crippen LogP contribution in [0.2, 0.25) is 0 Å². The predicted octanol–water partition coefficient (Wildman–Crippen LogP) is 3.64. The molecule has 2 nitrogen and oxygen atoms in total. The lowest BCUT2D eigenvalue weighted by Crippen LogP contribution is -2.04. The minimum Gasteiger partial charge on any atom is -0.457 e. The van der Waals surface area contributed by atoms with Gasteiger partial charge < -0.3 is 10.5 Å². The van der Waals surface area contributed by atoms with Crippen molar-refractivity contribution in [3.8, 4) is 11.5 Å². The normalized spacial score (nSPS) is 12.2. The largest absolute Gasteiger partial charge is 0.457 e. The number of rotatable bonds is 3. The summed E-state index contributed by atoms with van der Waals surface area (Å²) >= 11 is 0. The van der Waals surface area contributed by atoms with Gasteiger partial charge in [-0.15, -0.1) is 0 Å². The van der Waals surface area contributed by atoms with Crippen LogP contribution in [-0.4, -0.2) is 0 Å². The fourth-order valence-electron chi connectivity index (χ4n) is 1.50. The van der Waals surface area contributed by atoms with Crippen molar-refractivity contribution in [1.82, 2.24) is 0 Å². The number of nitrogens with two attached hydrogens (primary N) is 1. The van der Waals surface area contributed by atoms with Crippen LogP contribution in [0.5, 0.6) is 11.5 Å². The Morgan fingerprint density at radius 2 is 1.76 bits per heavy atom. The first-order valence-corrected chi connectivity index (χ1v) is 5.44. The van der Waals surface area contributed by atoms with Crippen LogP contribution in [0.4, 0.5) is 4.39 Å². The first kappa shape index (κ1) is 11.6. The second-order valence-electron chi connectivity index (χ2n) is 3.92. The third-order valence-electron chi connectivity index (χ3n) is 2.43. The molecule has 2 aromatic carbocycles. The van der Waals surface area contributed by atoms with E-state index in [2.05, 4.69) is 0 Å². The highest BCUT2D eigenvalue weighted by Crippen LogP contribution is 2.23. The lowest BCUT2D eigenvalue weighted by molar-refractivity contribution is 0.479. The van der Waals surface area contributed by atoms with E-state index >= 15 is 0 Å². The van der Waals surface area contributed by atoms with E-state index in [9.17, 15) is 4.39 Å². The van der Waals surface area contributed by atoms with Crippen LogP contribution >= 0.6 is 0 Å². The van der Waals surface area contributed by atoms with Crippen LogP contribution in [0, 0.1) is 5.82 Å². The smallest absolute Gasteiger partial charge is 0.127 e. The molecule has 3 heteroatoms. The quantitative estimate of drug-likeness (QED) is 0.875. The van der Waals surface area contributed by atoms with Crippen LogP contribution in [0.25, 0.3) is 0 Å². The summed E-state index contributed by atoms with van der Waals surface area (Å²) in [6.07, 6.45) is 0. The van der Waals surface area contributed by atoms with Gasteiger partial charge in [-0.2, -0.15) is 0 Å². The van der Waals surface area contributed by atoms with Crippen molar-refractivity contribution in [3.63, 3.8) is 0 Å². The predicted molar refractivity (Wildman–Crippen MR) is 65.5 cm³/mol. The van der Waals surface area contributed by atoms with E-state index in [0.717, 1.165) is 5.56 Å². The first-order valence-electron chi connectivity index (χ1n) is 5.44. The molecule has 2 rings (SSSR count). The zero-order valence-electron chi connectivity index (χ0n) is 9.56. The summed E-state index contributed by atoms with van der Waals surface area (Å²) in [7, 11) is 0. The molecule has 0 saturated carbocycles. The number of ether oxygens (including phenoxy) is 1. The molecular formula is C14H14FNO. The van der Waals surface area contributed by atoms with Crippen LogP contribution < -0.4 is 10.5 Å². The summed E-state index contributed by atoms with van der Waals surface area (Å²) in [4.78, 5) is 0. The van der Waals surface area contributed by atoms with Gasteiger partial charge in [-0.3, -0.25) is 0 Å². The highest BCUT2D eigenvalue weighted by molar-refractivity contribution is 5.34. The van der Waals surface area contributed by atoms with E-state index in [1.165, 1.54) is 12.1 Å². The molecule has 0 aliphatic carbocycles. The van der Waals surface area contributed by atoms with Gasteiger partial charge in [0.25, 0.3) is 0 Å². The third kappa shape index (κ3) is 3.04. The van der Waals surface area contributed by atoms with Gasteiger partial charge in [-0.05, 0) is 48.9 Å². The van der Waals surface area contributed by atoms with Gasteiger partial charge in [0.15, 0.2) is 0 Å². The molecule has 0 fully saturated rings. The maximum absolute atomic E-state index is 12.7. The fraction of sp³-hybridized carbons (Fsp3) is 0.143. The van der Waals surface area contributed by atoms with Crippen molar-refractivity contribution in [2.24, 2.45) is 5.73 Å². The van der Waals surface area contributed by atoms with Gasteiger partial charge in [0.1, 0.15) is 17.3 Å². The number of hydrogen-bond acceptors (Lipinski definition) is 2. The van der Waals surface area contributed by atoms with Crippen molar-refractivity contribution in [1.29, 1.82) is 0 Å². The van der Waals surface area contributed by atoms with Gasteiger partial charge >= 0.3 is 0 Å². The van der Waals surface area contributed by atoms with Crippen molar-refractivity contribution >= 4 is 0 Å². The summed E-state index contributed by atoms with van der Waals surface area (Å²) < 4.78 is 18.3. The van der Waals surface area contributed by atoms with Crippen LogP contribution in [0.15, 0.2) is 48.5 Å². The van der Waals surface area contributed by atoms with Crippen molar-refractivity contribution in [2.75, 3.05) is 0 Å². The minimum absolute atomic E-state index is 0.0354. The van der Waals surface area contributed by atoms with Gasteiger partial charge in [0.05, 0.1) is 0 Å². The zero-order valence-corrected chi connectivity index (χ0v) is 9.56. The van der Waals surface area contributed by atoms with E-state index in [1.54, 1.807) is 12.1 Å². The SMILES string of the molecule is CC(N)c1cccc(Oc2ccc(F)cc2)c1. The molecule has 0 bridgehead atoms. The molecule has 1 atom stereocenters. The Morgan fingerprint density at radius 1 is 1.06 bits per heavy atom. The van der Waals surface area contributed by atoms with E-state index in [-0.39, 0.29) is 11.9 Å². The minimum atomic E-state index is -0.276. The Morgan fingerprint density at radius 3 is 2.41 bits per heavy atom. The number of halogens is 1. The van der Waals surface area contributed by atoms with Gasteiger partial charge in [0.2, 0.25) is 0 Å².